The van der Waals surface area contributed by atoms with Crippen LogP contribution in [0.1, 0.15) is 88.7 Å². The summed E-state index contributed by atoms with van der Waals surface area (Å²) in [5, 5.41) is 0. The van der Waals surface area contributed by atoms with Crippen LogP contribution in [0.25, 0.3) is 0 Å². The van der Waals surface area contributed by atoms with Crippen molar-refractivity contribution in [1.82, 2.24) is 0 Å². The average molecular weight is 531 g/mol. The van der Waals surface area contributed by atoms with Crippen molar-refractivity contribution in [3.63, 3.8) is 0 Å². The Morgan fingerprint density at radius 2 is 1.08 bits per heavy atom. The van der Waals surface area contributed by atoms with E-state index in [0.29, 0.717) is 17.2 Å². The lowest BCUT2D eigenvalue weighted by molar-refractivity contribution is 0.0802. The molecule has 0 atom stereocenters. The van der Waals surface area contributed by atoms with E-state index in [4.69, 9.17) is 9.47 Å². The number of carbonyl (C=O) groups excluding carboxylic acids is 1. The Kier molecular flexibility index (Phi) is 8.90. The van der Waals surface area contributed by atoms with Gasteiger partial charge in [0.05, 0.1) is 0 Å². The maximum Gasteiger partial charge on any atom is 0.199 e. The number of hydrogen-bond acceptors (Lipinski definition) is 3. The van der Waals surface area contributed by atoms with Crippen LogP contribution in [0.3, 0.4) is 0 Å². The van der Waals surface area contributed by atoms with E-state index in [0.717, 1.165) is 12.8 Å². The first-order valence-electron chi connectivity index (χ1n) is 12.9. The van der Waals surface area contributed by atoms with Gasteiger partial charge in [-0.05, 0) is 86.6 Å². The molecular weight excluding hydrogens is 496 g/mol. The van der Waals surface area contributed by atoms with Crippen LogP contribution in [0.15, 0.2) is 48.5 Å². The van der Waals surface area contributed by atoms with Crippen LogP contribution in [0.5, 0.6) is 17.2 Å². The van der Waals surface area contributed by atoms with E-state index in [1.165, 1.54) is 31.2 Å². The minimum Gasteiger partial charge on any atom is -0.488 e. The first kappa shape index (κ1) is 29.2. The maximum atomic E-state index is 15.0. The summed E-state index contributed by atoms with van der Waals surface area (Å²) in [6, 6.07) is 12.5. The molecule has 3 nitrogen and oxygen atoms in total. The van der Waals surface area contributed by atoms with Crippen molar-refractivity contribution in [2.75, 3.05) is 0 Å². The van der Waals surface area contributed by atoms with Crippen molar-refractivity contribution in [2.45, 2.75) is 78.2 Å². The van der Waals surface area contributed by atoms with Crippen molar-refractivity contribution in [3.8, 4) is 17.2 Å². The SMILES string of the molecule is CCC(C)(CC)Oc1ccc(Oc2ccc(C(=O)c3c(F)c(F)c(C(C)(CC)CC)c(F)c3F)cc2)cc1. The smallest absolute Gasteiger partial charge is 0.199 e. The van der Waals surface area contributed by atoms with Gasteiger partial charge in [-0.1, -0.05) is 34.6 Å². The predicted octanol–water partition coefficient (Wildman–Crippen LogP) is 9.30. The predicted molar refractivity (Wildman–Crippen MR) is 140 cm³/mol. The molecule has 204 valence electrons. The molecule has 0 amide bonds. The van der Waals surface area contributed by atoms with Crippen molar-refractivity contribution in [1.29, 1.82) is 0 Å². The Balaban J connectivity index is 1.83. The molecule has 38 heavy (non-hydrogen) atoms. The molecule has 0 aliphatic rings. The van der Waals surface area contributed by atoms with Crippen LogP contribution < -0.4 is 9.47 Å². The summed E-state index contributed by atoms with van der Waals surface area (Å²) in [6.07, 6.45) is 2.25. The van der Waals surface area contributed by atoms with E-state index in [1.807, 2.05) is 6.92 Å². The quantitative estimate of drug-likeness (QED) is 0.141. The molecule has 0 N–H and O–H groups in total. The average Bonchev–Trinajstić information content (AvgIpc) is 2.93. The standard InChI is InChI=1S/C31H34F4O3/c1-7-30(5,8-2)24-27(34)25(32)23(26(33)28(24)35)29(36)19-11-13-20(14-12-19)37-21-15-17-22(18-16-21)38-31(6,9-3)10-4/h11-18H,7-10H2,1-6H3. The van der Waals surface area contributed by atoms with E-state index >= 15 is 0 Å². The lowest BCUT2D eigenvalue weighted by Gasteiger charge is -2.29. The summed E-state index contributed by atoms with van der Waals surface area (Å²) < 4.78 is 71.6. The Bertz CT molecular complexity index is 1250. The van der Waals surface area contributed by atoms with Gasteiger partial charge in [0.15, 0.2) is 29.1 Å². The topological polar surface area (TPSA) is 35.5 Å². The summed E-state index contributed by atoms with van der Waals surface area (Å²) in [6.45, 7) is 11.1. The second kappa shape index (κ2) is 11.6. The maximum absolute atomic E-state index is 15.0. The molecule has 0 aliphatic heterocycles. The normalized spacial score (nSPS) is 11.9. The molecule has 3 aromatic carbocycles. The molecule has 0 aromatic heterocycles. The Labute approximate surface area is 221 Å². The molecule has 3 rings (SSSR count). The summed E-state index contributed by atoms with van der Waals surface area (Å²) in [4.78, 5) is 12.9. The zero-order valence-corrected chi connectivity index (χ0v) is 22.7. The van der Waals surface area contributed by atoms with Crippen LogP contribution in [-0.2, 0) is 5.41 Å². The van der Waals surface area contributed by atoms with Crippen LogP contribution in [-0.4, -0.2) is 11.4 Å². The summed E-state index contributed by atoms with van der Waals surface area (Å²) >= 11 is 0. The van der Waals surface area contributed by atoms with Crippen LogP contribution in [0.4, 0.5) is 17.6 Å². The van der Waals surface area contributed by atoms with E-state index in [2.05, 4.69) is 13.8 Å². The first-order valence-corrected chi connectivity index (χ1v) is 12.9. The van der Waals surface area contributed by atoms with Gasteiger partial charge in [0.25, 0.3) is 0 Å². The van der Waals surface area contributed by atoms with Gasteiger partial charge in [-0.3, -0.25) is 4.79 Å². The molecule has 0 fully saturated rings. The van der Waals surface area contributed by atoms with Gasteiger partial charge < -0.3 is 9.47 Å². The molecule has 0 spiro atoms. The Morgan fingerprint density at radius 1 is 0.658 bits per heavy atom. The van der Waals surface area contributed by atoms with Gasteiger partial charge in [-0.2, -0.15) is 0 Å². The second-order valence-electron chi connectivity index (χ2n) is 9.96. The zero-order valence-electron chi connectivity index (χ0n) is 22.7. The van der Waals surface area contributed by atoms with Crippen molar-refractivity contribution < 1.29 is 31.8 Å². The highest BCUT2D eigenvalue weighted by Crippen LogP contribution is 2.38. The molecule has 0 unspecified atom stereocenters. The minimum atomic E-state index is -1.69. The fourth-order valence-corrected chi connectivity index (χ4v) is 4.17. The summed E-state index contributed by atoms with van der Waals surface area (Å²) in [5.41, 5.74) is -3.46. The fraction of sp³-hybridized carbons (Fsp3) is 0.387. The molecule has 3 aromatic rings. The van der Waals surface area contributed by atoms with Crippen molar-refractivity contribution in [2.24, 2.45) is 0 Å². The minimum absolute atomic E-state index is 0.141. The second-order valence-corrected chi connectivity index (χ2v) is 9.96. The van der Waals surface area contributed by atoms with E-state index < -0.39 is 45.6 Å². The molecule has 0 saturated carbocycles. The number of ether oxygens (including phenoxy) is 2. The fourth-order valence-electron chi connectivity index (χ4n) is 4.17. The van der Waals surface area contributed by atoms with Crippen molar-refractivity contribution >= 4 is 5.78 Å². The molecule has 0 aliphatic carbocycles. The largest absolute Gasteiger partial charge is 0.488 e. The van der Waals surface area contributed by atoms with Gasteiger partial charge in [-0.25, -0.2) is 17.6 Å². The highest BCUT2D eigenvalue weighted by molar-refractivity contribution is 6.09. The molecule has 0 saturated heterocycles. The van der Waals surface area contributed by atoms with Crippen LogP contribution >= 0.6 is 0 Å². The van der Waals surface area contributed by atoms with Crippen LogP contribution in [0, 0.1) is 23.3 Å². The molecule has 0 radical (unpaired) electrons. The van der Waals surface area contributed by atoms with Gasteiger partial charge in [-0.15, -0.1) is 0 Å². The van der Waals surface area contributed by atoms with Gasteiger partial charge in [0, 0.05) is 11.1 Å². The van der Waals surface area contributed by atoms with E-state index in [9.17, 15) is 22.4 Å². The number of benzene rings is 3. The Morgan fingerprint density at radius 3 is 1.50 bits per heavy atom. The number of rotatable bonds is 11. The zero-order chi connectivity index (χ0) is 28.3. The number of hydrogen-bond donors (Lipinski definition) is 0. The highest BCUT2D eigenvalue weighted by Gasteiger charge is 2.37. The van der Waals surface area contributed by atoms with E-state index in [-0.39, 0.29) is 24.0 Å². The van der Waals surface area contributed by atoms with Gasteiger partial charge in [0.2, 0.25) is 0 Å². The summed E-state index contributed by atoms with van der Waals surface area (Å²) in [5.74, 6) is -6.05. The number of ketones is 1. The van der Waals surface area contributed by atoms with Crippen LogP contribution in [0.2, 0.25) is 0 Å². The summed E-state index contributed by atoms with van der Waals surface area (Å²) in [7, 11) is 0. The lowest BCUT2D eigenvalue weighted by atomic mass is 9.76. The third kappa shape index (κ3) is 5.71. The third-order valence-electron chi connectivity index (χ3n) is 7.69. The van der Waals surface area contributed by atoms with Crippen molar-refractivity contribution in [3.05, 3.63) is 88.5 Å². The molecule has 0 bridgehead atoms. The number of carbonyl (C=O) groups is 1. The highest BCUT2D eigenvalue weighted by atomic mass is 19.2. The number of halogens is 4. The monoisotopic (exact) mass is 530 g/mol. The molecule has 0 heterocycles. The Hall–Kier alpha value is -3.35. The lowest BCUT2D eigenvalue weighted by Crippen LogP contribution is -2.30. The van der Waals surface area contributed by atoms with Gasteiger partial charge in [0.1, 0.15) is 28.4 Å². The molecular formula is C31H34F4O3. The first-order chi connectivity index (χ1) is 17.9. The van der Waals surface area contributed by atoms with Gasteiger partial charge >= 0.3 is 0 Å². The van der Waals surface area contributed by atoms with E-state index in [1.54, 1.807) is 38.1 Å². The molecule has 7 heteroatoms. The third-order valence-corrected chi connectivity index (χ3v) is 7.69.